The summed E-state index contributed by atoms with van der Waals surface area (Å²) in [5.74, 6) is 0.463. The van der Waals surface area contributed by atoms with E-state index in [4.69, 9.17) is 5.73 Å². The van der Waals surface area contributed by atoms with Crippen LogP contribution in [0.3, 0.4) is 0 Å². The molecule has 102 valence electrons. The average molecular weight is 260 g/mol. The number of rotatable bonds is 6. The molecule has 1 aromatic rings. The van der Waals surface area contributed by atoms with Crippen LogP contribution in [0.1, 0.15) is 29.6 Å². The number of nitrogens with two attached hydrogens (primary N) is 1. The fourth-order valence-electron chi connectivity index (χ4n) is 1.65. The van der Waals surface area contributed by atoms with Crippen LogP contribution in [0.2, 0.25) is 0 Å². The lowest BCUT2D eigenvalue weighted by Gasteiger charge is -2.05. The molecule has 0 aliphatic heterocycles. The van der Waals surface area contributed by atoms with E-state index in [0.717, 1.165) is 6.42 Å². The van der Waals surface area contributed by atoms with Crippen LogP contribution >= 0.6 is 0 Å². The minimum absolute atomic E-state index is 0.0475. The van der Waals surface area contributed by atoms with Crippen molar-refractivity contribution in [1.82, 2.24) is 10.6 Å². The summed E-state index contributed by atoms with van der Waals surface area (Å²) >= 11 is 0. The topological polar surface area (TPSA) is 79.5 Å². The van der Waals surface area contributed by atoms with Crippen molar-refractivity contribution in [3.63, 3.8) is 0 Å². The lowest BCUT2D eigenvalue weighted by atomic mass is 10.2. The fraction of sp³-hybridized carbons (Fsp3) is 0.429. The van der Waals surface area contributed by atoms with E-state index < -0.39 is 0 Å². The number of benzene rings is 1. The molecule has 1 aliphatic carbocycles. The van der Waals surface area contributed by atoms with Crippen molar-refractivity contribution in [1.29, 1.82) is 0 Å². The third-order valence-corrected chi connectivity index (χ3v) is 2.87. The van der Waals surface area contributed by atoms with Gasteiger partial charge in [-0.25, -0.2) is 0 Å². The Labute approximate surface area is 113 Å². The number of amides is 1. The molecule has 2 rings (SSSR count). The monoisotopic (exact) mass is 260 g/mol. The highest BCUT2D eigenvalue weighted by Crippen LogP contribution is 2.17. The zero-order valence-electron chi connectivity index (χ0n) is 10.9. The van der Waals surface area contributed by atoms with Crippen molar-refractivity contribution < 1.29 is 4.79 Å². The summed E-state index contributed by atoms with van der Waals surface area (Å²) in [6.45, 7) is 1.23. The van der Waals surface area contributed by atoms with Crippen LogP contribution in [0.4, 0.5) is 0 Å². The van der Waals surface area contributed by atoms with Gasteiger partial charge in [-0.05, 0) is 31.4 Å². The van der Waals surface area contributed by atoms with Gasteiger partial charge in [-0.2, -0.15) is 0 Å². The Morgan fingerprint density at radius 2 is 2.05 bits per heavy atom. The van der Waals surface area contributed by atoms with Gasteiger partial charge in [-0.1, -0.05) is 18.2 Å². The minimum atomic E-state index is -0.0475. The van der Waals surface area contributed by atoms with Gasteiger partial charge in [0, 0.05) is 24.7 Å². The van der Waals surface area contributed by atoms with Gasteiger partial charge in [-0.15, -0.1) is 0 Å². The van der Waals surface area contributed by atoms with E-state index in [-0.39, 0.29) is 5.91 Å². The Hall–Kier alpha value is -2.04. The lowest BCUT2D eigenvalue weighted by Crippen LogP contribution is -2.33. The zero-order chi connectivity index (χ0) is 13.5. The van der Waals surface area contributed by atoms with Crippen molar-refractivity contribution in [2.24, 2.45) is 10.7 Å². The maximum atomic E-state index is 11.7. The number of carbonyl (C=O) groups excluding carboxylic acids is 1. The normalized spacial score (nSPS) is 15.1. The molecule has 5 nitrogen and oxygen atoms in total. The maximum absolute atomic E-state index is 11.7. The summed E-state index contributed by atoms with van der Waals surface area (Å²) < 4.78 is 0. The number of aliphatic imine (C=N–C) groups is 1. The smallest absolute Gasteiger partial charge is 0.251 e. The van der Waals surface area contributed by atoms with Crippen molar-refractivity contribution in [2.75, 3.05) is 13.1 Å². The molecule has 0 aromatic heterocycles. The second-order valence-electron chi connectivity index (χ2n) is 4.66. The van der Waals surface area contributed by atoms with Gasteiger partial charge in [0.25, 0.3) is 5.91 Å². The molecule has 1 amide bonds. The number of hydrogen-bond acceptors (Lipinski definition) is 2. The summed E-state index contributed by atoms with van der Waals surface area (Å²) in [4.78, 5) is 15.9. The first-order valence-electron chi connectivity index (χ1n) is 6.65. The van der Waals surface area contributed by atoms with Crippen molar-refractivity contribution >= 4 is 11.9 Å². The van der Waals surface area contributed by atoms with Crippen LogP contribution in [-0.4, -0.2) is 31.0 Å². The second kappa shape index (κ2) is 6.78. The largest absolute Gasteiger partial charge is 0.370 e. The Balaban J connectivity index is 1.60. The molecule has 0 radical (unpaired) electrons. The summed E-state index contributed by atoms with van der Waals surface area (Å²) in [5.41, 5.74) is 6.38. The summed E-state index contributed by atoms with van der Waals surface area (Å²) in [6.07, 6.45) is 3.15. The van der Waals surface area contributed by atoms with E-state index in [1.54, 1.807) is 12.1 Å². The molecule has 19 heavy (non-hydrogen) atoms. The average Bonchev–Trinajstić information content (AvgIpc) is 3.23. The molecule has 1 aromatic carbocycles. The highest BCUT2D eigenvalue weighted by molar-refractivity contribution is 5.94. The third-order valence-electron chi connectivity index (χ3n) is 2.87. The van der Waals surface area contributed by atoms with Crippen LogP contribution in [0.5, 0.6) is 0 Å². The predicted molar refractivity (Wildman–Crippen MR) is 76.0 cm³/mol. The first-order valence-corrected chi connectivity index (χ1v) is 6.65. The Kier molecular flexibility index (Phi) is 4.78. The number of carbonyl (C=O) groups is 1. The van der Waals surface area contributed by atoms with Crippen molar-refractivity contribution in [3.05, 3.63) is 35.9 Å². The Bertz CT molecular complexity index is 440. The van der Waals surface area contributed by atoms with Crippen LogP contribution in [-0.2, 0) is 0 Å². The number of nitrogens with zero attached hydrogens (tertiary/aromatic N) is 1. The van der Waals surface area contributed by atoms with E-state index in [1.807, 2.05) is 18.2 Å². The molecule has 0 heterocycles. The highest BCUT2D eigenvalue weighted by Gasteiger charge is 2.21. The van der Waals surface area contributed by atoms with Gasteiger partial charge in [0.05, 0.1) is 0 Å². The molecule has 0 saturated heterocycles. The Morgan fingerprint density at radius 3 is 2.74 bits per heavy atom. The van der Waals surface area contributed by atoms with Crippen molar-refractivity contribution in [2.45, 2.75) is 25.3 Å². The van der Waals surface area contributed by atoms with Gasteiger partial charge in [-0.3, -0.25) is 9.79 Å². The number of guanidine groups is 1. The van der Waals surface area contributed by atoms with Gasteiger partial charge < -0.3 is 16.4 Å². The highest BCUT2D eigenvalue weighted by atomic mass is 16.1. The molecule has 4 N–H and O–H groups in total. The summed E-state index contributed by atoms with van der Waals surface area (Å²) in [5, 5.41) is 5.98. The predicted octanol–water partition coefficient (Wildman–Crippen LogP) is 0.873. The zero-order valence-corrected chi connectivity index (χ0v) is 10.9. The molecule has 0 bridgehead atoms. The van der Waals surface area contributed by atoms with E-state index >= 15 is 0 Å². The Morgan fingerprint density at radius 1 is 1.32 bits per heavy atom. The summed E-state index contributed by atoms with van der Waals surface area (Å²) in [6, 6.07) is 9.71. The lowest BCUT2D eigenvalue weighted by molar-refractivity contribution is 0.0953. The molecule has 0 unspecified atom stereocenters. The molecular formula is C14H20N4O. The van der Waals surface area contributed by atoms with Gasteiger partial charge in [0.2, 0.25) is 0 Å². The quantitative estimate of drug-likeness (QED) is 0.403. The third kappa shape index (κ3) is 4.99. The van der Waals surface area contributed by atoms with E-state index in [9.17, 15) is 4.79 Å². The van der Waals surface area contributed by atoms with Crippen LogP contribution in [0.15, 0.2) is 35.3 Å². The molecule has 1 aliphatic rings. The minimum Gasteiger partial charge on any atom is -0.370 e. The molecule has 1 fully saturated rings. The number of hydrogen-bond donors (Lipinski definition) is 3. The molecule has 0 spiro atoms. The fourth-order valence-corrected chi connectivity index (χ4v) is 1.65. The molecule has 1 saturated carbocycles. The van der Waals surface area contributed by atoms with Gasteiger partial charge >= 0.3 is 0 Å². The number of nitrogens with one attached hydrogen (secondary N) is 2. The van der Waals surface area contributed by atoms with Crippen LogP contribution < -0.4 is 16.4 Å². The molecule has 5 heteroatoms. The maximum Gasteiger partial charge on any atom is 0.251 e. The van der Waals surface area contributed by atoms with E-state index in [2.05, 4.69) is 15.6 Å². The van der Waals surface area contributed by atoms with Crippen molar-refractivity contribution in [3.8, 4) is 0 Å². The van der Waals surface area contributed by atoms with Crippen LogP contribution in [0, 0.1) is 0 Å². The first-order chi connectivity index (χ1) is 9.25. The van der Waals surface area contributed by atoms with Gasteiger partial charge in [0.15, 0.2) is 5.96 Å². The second-order valence-corrected chi connectivity index (χ2v) is 4.66. The standard InChI is InChI=1S/C14H20N4O/c15-14(18-12-7-8-12)17-10-4-9-16-13(19)11-5-2-1-3-6-11/h1-3,5-6,12H,4,7-10H2,(H,16,19)(H3,15,17,18). The van der Waals surface area contributed by atoms with Gasteiger partial charge in [0.1, 0.15) is 0 Å². The molecule has 0 atom stereocenters. The summed E-state index contributed by atoms with van der Waals surface area (Å²) in [7, 11) is 0. The first kappa shape index (κ1) is 13.4. The van der Waals surface area contributed by atoms with E-state index in [1.165, 1.54) is 12.8 Å². The van der Waals surface area contributed by atoms with Crippen LogP contribution in [0.25, 0.3) is 0 Å². The van der Waals surface area contributed by atoms with E-state index in [0.29, 0.717) is 30.7 Å². The SMILES string of the molecule is NC(=NCCCNC(=O)c1ccccc1)NC1CC1. The molecular weight excluding hydrogens is 240 g/mol.